The van der Waals surface area contributed by atoms with E-state index in [4.69, 9.17) is 9.47 Å². The molecule has 108 valence electrons. The van der Waals surface area contributed by atoms with Gasteiger partial charge < -0.3 is 14.8 Å². The second kappa shape index (κ2) is 8.12. The van der Waals surface area contributed by atoms with E-state index in [1.165, 1.54) is 0 Å². The molecule has 19 heavy (non-hydrogen) atoms. The second-order valence-corrected chi connectivity index (χ2v) is 5.22. The Kier molecular flexibility index (Phi) is 6.81. The summed E-state index contributed by atoms with van der Waals surface area (Å²) in [4.78, 5) is 4.15. The molecule has 1 aromatic heterocycles. The zero-order valence-electron chi connectivity index (χ0n) is 12.5. The Hall–Kier alpha value is -1.13. The number of hydrogen-bond donors (Lipinski definition) is 1. The highest BCUT2D eigenvalue weighted by molar-refractivity contribution is 5.29. The molecule has 4 heteroatoms. The molecule has 4 nitrogen and oxygen atoms in total. The molecule has 0 amide bonds. The molecular formula is C15H26N2O2. The number of pyridine rings is 1. The first-order valence-corrected chi connectivity index (χ1v) is 6.90. The topological polar surface area (TPSA) is 43.4 Å². The molecule has 0 saturated heterocycles. The molecule has 1 heterocycles. The van der Waals surface area contributed by atoms with E-state index in [2.05, 4.69) is 31.1 Å². The van der Waals surface area contributed by atoms with Crippen molar-refractivity contribution in [3.05, 3.63) is 24.0 Å². The lowest BCUT2D eigenvalue weighted by Crippen LogP contribution is -2.25. The molecule has 1 aromatic rings. The van der Waals surface area contributed by atoms with Crippen molar-refractivity contribution in [3.63, 3.8) is 0 Å². The van der Waals surface area contributed by atoms with Crippen molar-refractivity contribution in [2.24, 2.45) is 0 Å². The van der Waals surface area contributed by atoms with Crippen LogP contribution in [-0.2, 0) is 11.3 Å². The second-order valence-electron chi connectivity index (χ2n) is 5.22. The van der Waals surface area contributed by atoms with E-state index in [1.54, 1.807) is 13.3 Å². The van der Waals surface area contributed by atoms with Crippen LogP contribution in [0.1, 0.15) is 39.2 Å². The number of nitrogens with zero attached hydrogens (tertiary/aromatic N) is 1. The molecule has 0 radical (unpaired) electrons. The molecule has 1 N–H and O–H groups in total. The zero-order valence-corrected chi connectivity index (χ0v) is 12.5. The normalized spacial score (nSPS) is 11.6. The fourth-order valence-electron chi connectivity index (χ4n) is 1.60. The van der Waals surface area contributed by atoms with Gasteiger partial charge >= 0.3 is 0 Å². The molecule has 0 unspecified atom stereocenters. The first-order valence-electron chi connectivity index (χ1n) is 6.90. The monoisotopic (exact) mass is 266 g/mol. The number of ether oxygens (including phenoxy) is 2. The maximum atomic E-state index is 5.85. The summed E-state index contributed by atoms with van der Waals surface area (Å²) in [5, 5.41) is 3.36. The summed E-state index contributed by atoms with van der Waals surface area (Å²) in [5.41, 5.74) is 0.958. The average Bonchev–Trinajstić information content (AvgIpc) is 2.41. The molecule has 0 aliphatic heterocycles. The summed E-state index contributed by atoms with van der Waals surface area (Å²) in [5.74, 6) is 0.908. The van der Waals surface area contributed by atoms with Gasteiger partial charge in [0.1, 0.15) is 5.75 Å². The van der Waals surface area contributed by atoms with Crippen LogP contribution in [0.3, 0.4) is 0 Å². The first-order chi connectivity index (χ1) is 9.09. The van der Waals surface area contributed by atoms with Gasteiger partial charge in [-0.05, 0) is 32.9 Å². The fraction of sp³-hybridized carbons (Fsp3) is 0.667. The molecule has 0 aliphatic rings. The Morgan fingerprint density at radius 3 is 2.84 bits per heavy atom. The third-order valence-corrected chi connectivity index (χ3v) is 3.12. The summed E-state index contributed by atoms with van der Waals surface area (Å²) in [6.07, 6.45) is 5.60. The molecule has 0 bridgehead atoms. The molecule has 0 saturated carbocycles. The van der Waals surface area contributed by atoms with Crippen molar-refractivity contribution in [3.8, 4) is 5.75 Å². The smallest absolute Gasteiger partial charge is 0.126 e. The minimum Gasteiger partial charge on any atom is -0.493 e. The minimum absolute atomic E-state index is 0.145. The van der Waals surface area contributed by atoms with Crippen LogP contribution in [0.5, 0.6) is 5.75 Å². The van der Waals surface area contributed by atoms with Crippen molar-refractivity contribution in [1.82, 2.24) is 10.3 Å². The quantitative estimate of drug-likeness (QED) is 0.698. The Balaban J connectivity index is 2.48. The lowest BCUT2D eigenvalue weighted by molar-refractivity contribution is 0.00536. The van der Waals surface area contributed by atoms with Gasteiger partial charge in [-0.15, -0.1) is 0 Å². The summed E-state index contributed by atoms with van der Waals surface area (Å²) >= 11 is 0. The standard InChI is InChI=1S/C15H26N2O2/c1-5-8-16-11-13-12-17-9-6-14(13)19-10-7-15(2,3)18-4/h6,9,12,16H,5,7-8,10-11H2,1-4H3. The van der Waals surface area contributed by atoms with Gasteiger partial charge in [0.2, 0.25) is 0 Å². The minimum atomic E-state index is -0.145. The van der Waals surface area contributed by atoms with Gasteiger partial charge in [0.15, 0.2) is 0 Å². The highest BCUT2D eigenvalue weighted by atomic mass is 16.5. The summed E-state index contributed by atoms with van der Waals surface area (Å²) in [6, 6.07) is 1.92. The van der Waals surface area contributed by atoms with Gasteiger partial charge in [0.05, 0.1) is 12.2 Å². The lowest BCUT2D eigenvalue weighted by Gasteiger charge is -2.23. The maximum absolute atomic E-state index is 5.85. The van der Waals surface area contributed by atoms with Crippen molar-refractivity contribution in [2.45, 2.75) is 45.8 Å². The predicted molar refractivity (Wildman–Crippen MR) is 77.4 cm³/mol. The maximum Gasteiger partial charge on any atom is 0.126 e. The molecule has 0 atom stereocenters. The number of hydrogen-bond acceptors (Lipinski definition) is 4. The van der Waals surface area contributed by atoms with E-state index in [9.17, 15) is 0 Å². The Labute approximate surface area is 116 Å². The van der Waals surface area contributed by atoms with Crippen LogP contribution in [-0.4, -0.2) is 30.8 Å². The lowest BCUT2D eigenvalue weighted by atomic mass is 10.1. The Morgan fingerprint density at radius 2 is 2.16 bits per heavy atom. The van der Waals surface area contributed by atoms with Gasteiger partial charge in [-0.25, -0.2) is 0 Å². The molecule has 1 rings (SSSR count). The summed E-state index contributed by atoms with van der Waals surface area (Å²) < 4.78 is 11.2. The van der Waals surface area contributed by atoms with Gasteiger partial charge in [-0.3, -0.25) is 4.98 Å². The van der Waals surface area contributed by atoms with Crippen LogP contribution in [0.4, 0.5) is 0 Å². The van der Waals surface area contributed by atoms with Crippen LogP contribution in [0.2, 0.25) is 0 Å². The summed E-state index contributed by atoms with van der Waals surface area (Å²) in [7, 11) is 1.73. The highest BCUT2D eigenvalue weighted by Gasteiger charge is 2.16. The van der Waals surface area contributed by atoms with E-state index >= 15 is 0 Å². The van der Waals surface area contributed by atoms with Gasteiger partial charge in [0.25, 0.3) is 0 Å². The zero-order chi connectivity index (χ0) is 14.1. The van der Waals surface area contributed by atoms with Crippen molar-refractivity contribution in [1.29, 1.82) is 0 Å². The number of rotatable bonds is 9. The van der Waals surface area contributed by atoms with Crippen LogP contribution in [0.25, 0.3) is 0 Å². The van der Waals surface area contributed by atoms with Crippen LogP contribution in [0.15, 0.2) is 18.5 Å². The largest absolute Gasteiger partial charge is 0.493 e. The molecule has 0 spiro atoms. The first kappa shape index (κ1) is 15.9. The number of nitrogens with one attached hydrogen (secondary N) is 1. The number of methoxy groups -OCH3 is 1. The van der Waals surface area contributed by atoms with Crippen LogP contribution >= 0.6 is 0 Å². The van der Waals surface area contributed by atoms with Crippen LogP contribution in [0, 0.1) is 0 Å². The summed E-state index contributed by atoms with van der Waals surface area (Å²) in [6.45, 7) is 8.72. The number of aromatic nitrogens is 1. The van der Waals surface area contributed by atoms with E-state index in [-0.39, 0.29) is 5.60 Å². The van der Waals surface area contributed by atoms with Gasteiger partial charge in [0, 0.05) is 38.0 Å². The Bertz CT molecular complexity index is 367. The predicted octanol–water partition coefficient (Wildman–Crippen LogP) is 2.78. The average molecular weight is 266 g/mol. The third kappa shape index (κ3) is 6.03. The molecule has 0 fully saturated rings. The van der Waals surface area contributed by atoms with E-state index in [0.717, 1.165) is 37.2 Å². The van der Waals surface area contributed by atoms with E-state index in [0.29, 0.717) is 6.61 Å². The van der Waals surface area contributed by atoms with E-state index < -0.39 is 0 Å². The van der Waals surface area contributed by atoms with E-state index in [1.807, 2.05) is 12.3 Å². The van der Waals surface area contributed by atoms with Gasteiger partial charge in [-0.2, -0.15) is 0 Å². The van der Waals surface area contributed by atoms with Crippen molar-refractivity contribution >= 4 is 0 Å². The third-order valence-electron chi connectivity index (χ3n) is 3.12. The Morgan fingerprint density at radius 1 is 1.37 bits per heavy atom. The van der Waals surface area contributed by atoms with Gasteiger partial charge in [-0.1, -0.05) is 6.92 Å². The SMILES string of the molecule is CCCNCc1cnccc1OCCC(C)(C)OC. The highest BCUT2D eigenvalue weighted by Crippen LogP contribution is 2.19. The fourth-order valence-corrected chi connectivity index (χ4v) is 1.60. The molecular weight excluding hydrogens is 240 g/mol. The molecule has 0 aliphatic carbocycles. The van der Waals surface area contributed by atoms with Crippen molar-refractivity contribution < 1.29 is 9.47 Å². The molecule has 0 aromatic carbocycles. The van der Waals surface area contributed by atoms with Crippen molar-refractivity contribution in [2.75, 3.05) is 20.3 Å². The van der Waals surface area contributed by atoms with Crippen LogP contribution < -0.4 is 10.1 Å².